The topological polar surface area (TPSA) is 68.3 Å². The van der Waals surface area contributed by atoms with E-state index in [9.17, 15) is 9.59 Å². The molecule has 1 aliphatic rings. The van der Waals surface area contributed by atoms with Crippen molar-refractivity contribution in [1.29, 1.82) is 0 Å². The molecule has 6 heteroatoms. The lowest BCUT2D eigenvalue weighted by Gasteiger charge is -2.23. The van der Waals surface area contributed by atoms with Crippen molar-refractivity contribution in [1.82, 2.24) is 4.98 Å². The molecule has 0 spiro atoms. The lowest BCUT2D eigenvalue weighted by atomic mass is 9.90. The van der Waals surface area contributed by atoms with Crippen LogP contribution in [-0.2, 0) is 9.59 Å². The minimum Gasteiger partial charge on any atom is -0.426 e. The Bertz CT molecular complexity index is 696. The van der Waals surface area contributed by atoms with Crippen LogP contribution < -0.4 is 10.1 Å². The number of ether oxygens (including phenoxy) is 1. The maximum absolute atomic E-state index is 12.1. The summed E-state index contributed by atoms with van der Waals surface area (Å²) < 4.78 is 5.18. The van der Waals surface area contributed by atoms with E-state index in [0.717, 1.165) is 10.4 Å². The molecular formula is C15H14N2O3S. The lowest BCUT2D eigenvalue weighted by molar-refractivity contribution is -0.136. The molecule has 0 radical (unpaired) electrons. The molecule has 2 aromatic rings. The monoisotopic (exact) mass is 302 g/mol. The quantitative estimate of drug-likeness (QED) is 0.699. The maximum atomic E-state index is 12.1. The summed E-state index contributed by atoms with van der Waals surface area (Å²) in [5.74, 6) is -0.0319. The average Bonchev–Trinajstić information content (AvgIpc) is 2.83. The van der Waals surface area contributed by atoms with E-state index in [1.165, 1.54) is 11.3 Å². The predicted molar refractivity (Wildman–Crippen MR) is 79.5 cm³/mol. The number of nitrogens with one attached hydrogen (secondary N) is 1. The molecule has 2 heterocycles. The first-order valence-electron chi connectivity index (χ1n) is 6.63. The second-order valence-corrected chi connectivity index (χ2v) is 6.18. The van der Waals surface area contributed by atoms with Crippen LogP contribution in [0.15, 0.2) is 30.5 Å². The molecule has 1 aromatic heterocycles. The van der Waals surface area contributed by atoms with Gasteiger partial charge in [-0.25, -0.2) is 4.98 Å². The molecule has 1 amide bonds. The Labute approximate surface area is 126 Å². The number of fused-ring (bicyclic) bond motifs is 1. The number of nitrogens with zero attached hydrogens (tertiary/aromatic N) is 1. The van der Waals surface area contributed by atoms with Crippen LogP contribution in [0.2, 0.25) is 0 Å². The zero-order valence-electron chi connectivity index (χ0n) is 11.5. The number of anilines is 1. The fraction of sp³-hybridized carbons (Fsp3) is 0.267. The van der Waals surface area contributed by atoms with Crippen LogP contribution in [0.5, 0.6) is 5.75 Å². The van der Waals surface area contributed by atoms with Crippen LogP contribution in [0.4, 0.5) is 5.13 Å². The van der Waals surface area contributed by atoms with Gasteiger partial charge in [-0.15, -0.1) is 11.3 Å². The summed E-state index contributed by atoms with van der Waals surface area (Å²) >= 11 is 1.43. The number of carbonyl (C=O) groups excluding carboxylic acids is 2. The van der Waals surface area contributed by atoms with Gasteiger partial charge in [-0.3, -0.25) is 9.59 Å². The minimum absolute atomic E-state index is 0.140. The van der Waals surface area contributed by atoms with Gasteiger partial charge in [0.05, 0.1) is 6.42 Å². The van der Waals surface area contributed by atoms with Crippen LogP contribution in [0, 0.1) is 6.92 Å². The molecule has 1 aliphatic heterocycles. The highest BCUT2D eigenvalue weighted by atomic mass is 32.1. The largest absolute Gasteiger partial charge is 0.426 e. The second kappa shape index (κ2) is 5.65. The summed E-state index contributed by atoms with van der Waals surface area (Å²) in [6, 6.07) is 7.34. The first kappa shape index (κ1) is 13.8. The molecule has 1 N–H and O–H groups in total. The predicted octanol–water partition coefficient (Wildman–Crippen LogP) is 2.87. The first-order valence-corrected chi connectivity index (χ1v) is 7.45. The summed E-state index contributed by atoms with van der Waals surface area (Å²) in [7, 11) is 0. The van der Waals surface area contributed by atoms with E-state index >= 15 is 0 Å². The number of aryl methyl sites for hydroxylation is 1. The normalized spacial score (nSPS) is 17.0. The number of esters is 1. The van der Waals surface area contributed by atoms with Gasteiger partial charge in [-0.05, 0) is 18.6 Å². The molecule has 0 aliphatic carbocycles. The zero-order valence-corrected chi connectivity index (χ0v) is 12.3. The summed E-state index contributed by atoms with van der Waals surface area (Å²) in [5.41, 5.74) is 0.905. The van der Waals surface area contributed by atoms with Crippen molar-refractivity contribution in [2.45, 2.75) is 25.7 Å². The highest BCUT2D eigenvalue weighted by Gasteiger charge is 2.28. The SMILES string of the molecule is Cc1cnc(NC(=O)C[C@@H]2CC(=O)Oc3ccccc32)s1. The number of thiazole rings is 1. The zero-order chi connectivity index (χ0) is 14.8. The molecule has 0 saturated carbocycles. The molecule has 0 bridgehead atoms. The summed E-state index contributed by atoms with van der Waals surface area (Å²) in [6.45, 7) is 1.93. The van der Waals surface area contributed by atoms with Crippen molar-refractivity contribution >= 4 is 28.3 Å². The Morgan fingerprint density at radius 2 is 2.29 bits per heavy atom. The van der Waals surface area contributed by atoms with Gasteiger partial charge in [-0.2, -0.15) is 0 Å². The van der Waals surface area contributed by atoms with Gasteiger partial charge in [0, 0.05) is 23.4 Å². The third-order valence-electron chi connectivity index (χ3n) is 3.30. The highest BCUT2D eigenvalue weighted by molar-refractivity contribution is 7.15. The molecule has 108 valence electrons. The van der Waals surface area contributed by atoms with Crippen LogP contribution in [-0.4, -0.2) is 16.9 Å². The number of carbonyl (C=O) groups is 2. The Kier molecular flexibility index (Phi) is 3.70. The van der Waals surface area contributed by atoms with E-state index < -0.39 is 0 Å². The van der Waals surface area contributed by atoms with E-state index in [2.05, 4.69) is 10.3 Å². The van der Waals surface area contributed by atoms with E-state index in [0.29, 0.717) is 10.9 Å². The third kappa shape index (κ3) is 3.11. The van der Waals surface area contributed by atoms with Crippen molar-refractivity contribution in [3.63, 3.8) is 0 Å². The molecule has 1 atom stereocenters. The molecule has 0 saturated heterocycles. The standard InChI is InChI=1S/C15H14N2O3S/c1-9-8-16-15(21-9)17-13(18)6-10-7-14(19)20-12-5-3-2-4-11(10)12/h2-5,8,10H,6-7H2,1H3,(H,16,17,18)/t10-/m1/s1. The van der Waals surface area contributed by atoms with Gasteiger partial charge in [0.1, 0.15) is 5.75 Å². The summed E-state index contributed by atoms with van der Waals surface area (Å²) in [4.78, 5) is 28.9. The summed E-state index contributed by atoms with van der Waals surface area (Å²) in [5, 5.41) is 3.36. The first-order chi connectivity index (χ1) is 10.1. The number of aromatic nitrogens is 1. The number of para-hydroxylation sites is 1. The molecule has 21 heavy (non-hydrogen) atoms. The lowest BCUT2D eigenvalue weighted by Crippen LogP contribution is -2.24. The number of amides is 1. The molecular weight excluding hydrogens is 288 g/mol. The van der Waals surface area contributed by atoms with Gasteiger partial charge in [0.2, 0.25) is 5.91 Å². The third-order valence-corrected chi connectivity index (χ3v) is 4.12. The fourth-order valence-electron chi connectivity index (χ4n) is 2.37. The van der Waals surface area contributed by atoms with Crippen LogP contribution in [0.3, 0.4) is 0 Å². The van der Waals surface area contributed by atoms with Gasteiger partial charge in [0.25, 0.3) is 0 Å². The van der Waals surface area contributed by atoms with E-state index in [1.807, 2.05) is 25.1 Å². The molecule has 5 nitrogen and oxygen atoms in total. The Balaban J connectivity index is 1.72. The fourth-order valence-corrected chi connectivity index (χ4v) is 3.06. The van der Waals surface area contributed by atoms with Crippen molar-refractivity contribution in [3.8, 4) is 5.75 Å². The molecule has 0 unspecified atom stereocenters. The molecule has 0 fully saturated rings. The van der Waals surface area contributed by atoms with Gasteiger partial charge < -0.3 is 10.1 Å². The number of rotatable bonds is 3. The van der Waals surface area contributed by atoms with Crippen molar-refractivity contribution < 1.29 is 14.3 Å². The second-order valence-electron chi connectivity index (χ2n) is 4.94. The van der Waals surface area contributed by atoms with Gasteiger partial charge >= 0.3 is 5.97 Å². The molecule has 3 rings (SSSR count). The van der Waals surface area contributed by atoms with Crippen molar-refractivity contribution in [2.75, 3.05) is 5.32 Å². The van der Waals surface area contributed by atoms with E-state index in [1.54, 1.807) is 12.3 Å². The van der Waals surface area contributed by atoms with E-state index in [4.69, 9.17) is 4.74 Å². The van der Waals surface area contributed by atoms with Crippen LogP contribution >= 0.6 is 11.3 Å². The highest BCUT2D eigenvalue weighted by Crippen LogP contribution is 2.36. The Hall–Kier alpha value is -2.21. The number of hydrogen-bond acceptors (Lipinski definition) is 5. The molecule has 1 aromatic carbocycles. The van der Waals surface area contributed by atoms with Crippen molar-refractivity contribution in [3.05, 3.63) is 40.9 Å². The number of hydrogen-bond donors (Lipinski definition) is 1. The Morgan fingerprint density at radius 1 is 1.48 bits per heavy atom. The maximum Gasteiger partial charge on any atom is 0.311 e. The smallest absolute Gasteiger partial charge is 0.311 e. The van der Waals surface area contributed by atoms with Gasteiger partial charge in [-0.1, -0.05) is 18.2 Å². The number of benzene rings is 1. The van der Waals surface area contributed by atoms with Crippen LogP contribution in [0.1, 0.15) is 29.2 Å². The minimum atomic E-state index is -0.295. The summed E-state index contributed by atoms with van der Waals surface area (Å²) in [6.07, 6.45) is 2.18. The Morgan fingerprint density at radius 3 is 3.05 bits per heavy atom. The van der Waals surface area contributed by atoms with E-state index in [-0.39, 0.29) is 30.6 Å². The average molecular weight is 302 g/mol. The van der Waals surface area contributed by atoms with Crippen LogP contribution in [0.25, 0.3) is 0 Å². The van der Waals surface area contributed by atoms with Gasteiger partial charge in [0.15, 0.2) is 5.13 Å². The van der Waals surface area contributed by atoms with Crippen molar-refractivity contribution in [2.24, 2.45) is 0 Å².